The molecule has 0 aliphatic rings. The van der Waals surface area contributed by atoms with Gasteiger partial charge in [0.25, 0.3) is 0 Å². The molecule has 78 valence electrons. The van der Waals surface area contributed by atoms with E-state index >= 15 is 0 Å². The van der Waals surface area contributed by atoms with Gasteiger partial charge >= 0.3 is 0 Å². The molecule has 0 saturated carbocycles. The molecular weight excluding hydrogens is 268 g/mol. The first-order valence-electron chi connectivity index (χ1n) is 4.77. The molecule has 0 amide bonds. The van der Waals surface area contributed by atoms with Crippen LogP contribution in [0.1, 0.15) is 0 Å². The zero-order valence-electron chi connectivity index (χ0n) is 8.21. The molecule has 5 heteroatoms. The minimum Gasteiger partial charge on any atom is -0.268 e. The summed E-state index contributed by atoms with van der Waals surface area (Å²) < 4.78 is 2.83. The Morgan fingerprint density at radius 2 is 1.94 bits per heavy atom. The lowest BCUT2D eigenvalue weighted by Gasteiger charge is -2.00. The molecule has 3 aromatic heterocycles. The van der Waals surface area contributed by atoms with E-state index in [-0.39, 0.29) is 0 Å². The molecule has 0 aromatic carbocycles. The summed E-state index contributed by atoms with van der Waals surface area (Å²) in [6, 6.07) is 11.5. The fourth-order valence-electron chi connectivity index (χ4n) is 1.56. The third-order valence-electron chi connectivity index (χ3n) is 2.27. The zero-order valence-corrected chi connectivity index (χ0v) is 9.79. The Labute approximate surface area is 100 Å². The molecule has 0 fully saturated rings. The van der Waals surface area contributed by atoms with Crippen molar-refractivity contribution in [3.63, 3.8) is 0 Å². The number of hydrogen-bond donors (Lipinski definition) is 0. The van der Waals surface area contributed by atoms with E-state index in [1.807, 2.05) is 40.8 Å². The van der Waals surface area contributed by atoms with E-state index in [4.69, 9.17) is 0 Å². The van der Waals surface area contributed by atoms with Crippen molar-refractivity contribution < 1.29 is 0 Å². The predicted octanol–water partition coefficient (Wildman–Crippen LogP) is 2.55. The van der Waals surface area contributed by atoms with Crippen LogP contribution in [0.15, 0.2) is 47.2 Å². The standard InChI is InChI=1S/C11H7BrN4/c12-9-5-3-6-10-14-15-11(16(9)10)8-4-1-2-7-13-8/h1-7H. The molecule has 0 N–H and O–H groups in total. The highest BCUT2D eigenvalue weighted by Gasteiger charge is 2.10. The maximum absolute atomic E-state index is 4.27. The van der Waals surface area contributed by atoms with Gasteiger partial charge in [-0.1, -0.05) is 12.1 Å². The minimum atomic E-state index is 0.739. The van der Waals surface area contributed by atoms with Gasteiger partial charge in [-0.2, -0.15) is 0 Å². The summed E-state index contributed by atoms with van der Waals surface area (Å²) in [6.45, 7) is 0. The lowest BCUT2D eigenvalue weighted by Crippen LogP contribution is -1.92. The molecule has 0 radical (unpaired) electrons. The van der Waals surface area contributed by atoms with Crippen molar-refractivity contribution in [3.05, 3.63) is 47.2 Å². The molecule has 0 unspecified atom stereocenters. The second kappa shape index (κ2) is 3.68. The van der Waals surface area contributed by atoms with E-state index in [9.17, 15) is 0 Å². The maximum Gasteiger partial charge on any atom is 0.187 e. The highest BCUT2D eigenvalue weighted by molar-refractivity contribution is 9.10. The van der Waals surface area contributed by atoms with Crippen LogP contribution in [-0.2, 0) is 0 Å². The number of nitrogens with zero attached hydrogens (tertiary/aromatic N) is 4. The fourth-order valence-corrected chi connectivity index (χ4v) is 2.07. The molecule has 0 spiro atoms. The SMILES string of the molecule is Brc1cccc2nnc(-c3ccccn3)n12. The Hall–Kier alpha value is -1.75. The van der Waals surface area contributed by atoms with E-state index in [2.05, 4.69) is 31.1 Å². The van der Waals surface area contributed by atoms with Crippen LogP contribution >= 0.6 is 15.9 Å². The second-order valence-corrected chi connectivity index (χ2v) is 4.09. The number of pyridine rings is 2. The molecule has 0 aliphatic heterocycles. The summed E-state index contributed by atoms with van der Waals surface area (Å²) >= 11 is 3.48. The highest BCUT2D eigenvalue weighted by atomic mass is 79.9. The van der Waals surface area contributed by atoms with Crippen molar-refractivity contribution in [2.45, 2.75) is 0 Å². The molecule has 0 aliphatic carbocycles. The van der Waals surface area contributed by atoms with Crippen molar-refractivity contribution in [2.75, 3.05) is 0 Å². The Balaban J connectivity index is 2.33. The van der Waals surface area contributed by atoms with Gasteiger partial charge in [0.05, 0.1) is 4.60 Å². The van der Waals surface area contributed by atoms with E-state index in [1.165, 1.54) is 0 Å². The zero-order chi connectivity index (χ0) is 11.0. The fraction of sp³-hybridized carbons (Fsp3) is 0. The molecule has 3 rings (SSSR count). The Morgan fingerprint density at radius 3 is 2.75 bits per heavy atom. The largest absolute Gasteiger partial charge is 0.268 e. The number of rotatable bonds is 1. The van der Waals surface area contributed by atoms with Crippen LogP contribution in [0, 0.1) is 0 Å². The molecule has 3 aromatic rings. The minimum absolute atomic E-state index is 0.739. The summed E-state index contributed by atoms with van der Waals surface area (Å²) in [5.41, 5.74) is 1.61. The van der Waals surface area contributed by atoms with Crippen LogP contribution in [-0.4, -0.2) is 19.6 Å². The average molecular weight is 275 g/mol. The summed E-state index contributed by atoms with van der Waals surface area (Å²) in [7, 11) is 0. The Kier molecular flexibility index (Phi) is 2.18. The van der Waals surface area contributed by atoms with Gasteiger partial charge < -0.3 is 0 Å². The van der Waals surface area contributed by atoms with Crippen molar-refractivity contribution in [1.29, 1.82) is 0 Å². The number of halogens is 1. The first-order chi connectivity index (χ1) is 7.86. The van der Waals surface area contributed by atoms with Crippen LogP contribution in [0.25, 0.3) is 17.2 Å². The van der Waals surface area contributed by atoms with Gasteiger partial charge in [0.2, 0.25) is 0 Å². The summed E-state index contributed by atoms with van der Waals surface area (Å²) in [6.07, 6.45) is 1.74. The summed E-state index contributed by atoms with van der Waals surface area (Å²) in [4.78, 5) is 4.27. The van der Waals surface area contributed by atoms with E-state index in [1.54, 1.807) is 6.20 Å². The number of hydrogen-bond acceptors (Lipinski definition) is 3. The van der Waals surface area contributed by atoms with Gasteiger partial charge in [-0.3, -0.25) is 9.38 Å². The van der Waals surface area contributed by atoms with Gasteiger partial charge in [0.15, 0.2) is 11.5 Å². The van der Waals surface area contributed by atoms with Crippen molar-refractivity contribution in [1.82, 2.24) is 19.6 Å². The van der Waals surface area contributed by atoms with E-state index in [0.29, 0.717) is 0 Å². The summed E-state index contributed by atoms with van der Waals surface area (Å²) in [5, 5.41) is 8.25. The van der Waals surface area contributed by atoms with Crippen LogP contribution in [0.4, 0.5) is 0 Å². The first kappa shape index (κ1) is 9.47. The van der Waals surface area contributed by atoms with Gasteiger partial charge in [-0.25, -0.2) is 0 Å². The van der Waals surface area contributed by atoms with Crippen molar-refractivity contribution in [2.24, 2.45) is 0 Å². The van der Waals surface area contributed by atoms with E-state index in [0.717, 1.165) is 21.8 Å². The smallest absolute Gasteiger partial charge is 0.187 e. The molecule has 0 atom stereocenters. The molecule has 0 saturated heterocycles. The monoisotopic (exact) mass is 274 g/mol. The quantitative estimate of drug-likeness (QED) is 0.641. The molecule has 16 heavy (non-hydrogen) atoms. The van der Waals surface area contributed by atoms with Crippen molar-refractivity contribution in [3.8, 4) is 11.5 Å². The first-order valence-corrected chi connectivity index (χ1v) is 5.56. The molecule has 3 heterocycles. The number of fused-ring (bicyclic) bond motifs is 1. The second-order valence-electron chi connectivity index (χ2n) is 3.28. The topological polar surface area (TPSA) is 43.1 Å². The number of aromatic nitrogens is 4. The van der Waals surface area contributed by atoms with Gasteiger partial charge in [0, 0.05) is 6.20 Å². The maximum atomic E-state index is 4.27. The van der Waals surface area contributed by atoms with E-state index < -0.39 is 0 Å². The lowest BCUT2D eigenvalue weighted by atomic mass is 10.3. The normalized spacial score (nSPS) is 10.8. The van der Waals surface area contributed by atoms with Gasteiger partial charge in [-0.15, -0.1) is 10.2 Å². The predicted molar refractivity (Wildman–Crippen MR) is 63.9 cm³/mol. The van der Waals surface area contributed by atoms with Crippen LogP contribution in [0.5, 0.6) is 0 Å². The molecule has 0 bridgehead atoms. The Bertz CT molecular complexity index is 633. The third kappa shape index (κ3) is 1.40. The van der Waals surface area contributed by atoms with Crippen LogP contribution < -0.4 is 0 Å². The van der Waals surface area contributed by atoms with Crippen molar-refractivity contribution >= 4 is 21.6 Å². The lowest BCUT2D eigenvalue weighted by molar-refractivity contribution is 1.08. The van der Waals surface area contributed by atoms with Gasteiger partial charge in [0.1, 0.15) is 5.69 Å². The van der Waals surface area contributed by atoms with Crippen LogP contribution in [0.2, 0.25) is 0 Å². The van der Waals surface area contributed by atoms with Gasteiger partial charge in [-0.05, 0) is 40.2 Å². The average Bonchev–Trinajstić information content (AvgIpc) is 2.75. The third-order valence-corrected chi connectivity index (χ3v) is 2.89. The molecular formula is C11H7BrN4. The highest BCUT2D eigenvalue weighted by Crippen LogP contribution is 2.20. The summed E-state index contributed by atoms with van der Waals surface area (Å²) in [5.74, 6) is 0.739. The Morgan fingerprint density at radius 1 is 1.00 bits per heavy atom. The van der Waals surface area contributed by atoms with Crippen LogP contribution in [0.3, 0.4) is 0 Å². The molecule has 4 nitrogen and oxygen atoms in total.